The highest BCUT2D eigenvalue weighted by molar-refractivity contribution is 5.94. The van der Waals surface area contributed by atoms with Gasteiger partial charge in [-0.2, -0.15) is 0 Å². The summed E-state index contributed by atoms with van der Waals surface area (Å²) < 4.78 is 0. The monoisotopic (exact) mass is 324 g/mol. The SMILES string of the molecule is CCCNC(=O)c1ccc(-c2ccnc(N3CCCCC3)n2)cc1. The fourth-order valence-electron chi connectivity index (χ4n) is 2.89. The third-order valence-electron chi connectivity index (χ3n) is 4.26. The fourth-order valence-corrected chi connectivity index (χ4v) is 2.89. The number of hydrogen-bond acceptors (Lipinski definition) is 4. The summed E-state index contributed by atoms with van der Waals surface area (Å²) >= 11 is 0. The number of carbonyl (C=O) groups is 1. The summed E-state index contributed by atoms with van der Waals surface area (Å²) in [6, 6.07) is 9.51. The zero-order valence-corrected chi connectivity index (χ0v) is 14.2. The van der Waals surface area contributed by atoms with Crippen molar-refractivity contribution < 1.29 is 4.79 Å². The second kappa shape index (κ2) is 7.90. The normalized spacial score (nSPS) is 14.5. The van der Waals surface area contributed by atoms with Crippen LogP contribution in [0.1, 0.15) is 43.0 Å². The van der Waals surface area contributed by atoms with E-state index in [-0.39, 0.29) is 5.91 Å². The van der Waals surface area contributed by atoms with E-state index >= 15 is 0 Å². The van der Waals surface area contributed by atoms with Gasteiger partial charge >= 0.3 is 0 Å². The van der Waals surface area contributed by atoms with Crippen molar-refractivity contribution in [1.29, 1.82) is 0 Å². The summed E-state index contributed by atoms with van der Waals surface area (Å²) in [5.74, 6) is 0.775. The van der Waals surface area contributed by atoms with Crippen LogP contribution in [-0.2, 0) is 0 Å². The number of amides is 1. The van der Waals surface area contributed by atoms with Crippen LogP contribution in [0.3, 0.4) is 0 Å². The van der Waals surface area contributed by atoms with E-state index in [0.717, 1.165) is 36.7 Å². The molecule has 0 unspecified atom stereocenters. The van der Waals surface area contributed by atoms with E-state index in [1.54, 1.807) is 0 Å². The van der Waals surface area contributed by atoms with Crippen molar-refractivity contribution in [2.75, 3.05) is 24.5 Å². The summed E-state index contributed by atoms with van der Waals surface area (Å²) in [5, 5.41) is 2.89. The molecule has 0 bridgehead atoms. The van der Waals surface area contributed by atoms with Gasteiger partial charge in [-0.3, -0.25) is 4.79 Å². The number of aromatic nitrogens is 2. The van der Waals surface area contributed by atoms with Crippen LogP contribution in [0.4, 0.5) is 5.95 Å². The summed E-state index contributed by atoms with van der Waals surface area (Å²) in [6.45, 7) is 4.80. The minimum absolute atomic E-state index is 0.0277. The average molecular weight is 324 g/mol. The summed E-state index contributed by atoms with van der Waals surface area (Å²) in [5.41, 5.74) is 2.58. The van der Waals surface area contributed by atoms with Gasteiger partial charge in [-0.25, -0.2) is 9.97 Å². The quantitative estimate of drug-likeness (QED) is 0.917. The van der Waals surface area contributed by atoms with E-state index in [2.05, 4.69) is 15.2 Å². The summed E-state index contributed by atoms with van der Waals surface area (Å²) in [7, 11) is 0. The molecule has 1 fully saturated rings. The van der Waals surface area contributed by atoms with Gasteiger partial charge in [-0.05, 0) is 43.9 Å². The third-order valence-corrected chi connectivity index (χ3v) is 4.26. The van der Waals surface area contributed by atoms with Crippen molar-refractivity contribution >= 4 is 11.9 Å². The molecule has 2 aromatic rings. The maximum atomic E-state index is 12.0. The molecule has 1 N–H and O–H groups in total. The number of nitrogens with zero attached hydrogens (tertiary/aromatic N) is 3. The number of hydrogen-bond donors (Lipinski definition) is 1. The van der Waals surface area contributed by atoms with Crippen LogP contribution < -0.4 is 10.2 Å². The van der Waals surface area contributed by atoms with Crippen molar-refractivity contribution in [3.8, 4) is 11.3 Å². The molecule has 1 aromatic carbocycles. The van der Waals surface area contributed by atoms with Crippen LogP contribution in [-0.4, -0.2) is 35.5 Å². The van der Waals surface area contributed by atoms with Gasteiger partial charge in [0.25, 0.3) is 5.91 Å². The van der Waals surface area contributed by atoms with Crippen molar-refractivity contribution in [3.05, 3.63) is 42.1 Å². The number of carbonyl (C=O) groups excluding carboxylic acids is 1. The minimum atomic E-state index is -0.0277. The Hall–Kier alpha value is -2.43. The average Bonchev–Trinajstić information content (AvgIpc) is 2.67. The van der Waals surface area contributed by atoms with Gasteiger partial charge in [0.1, 0.15) is 0 Å². The van der Waals surface area contributed by atoms with Crippen molar-refractivity contribution in [3.63, 3.8) is 0 Å². The predicted octanol–water partition coefficient (Wildman–Crippen LogP) is 3.27. The van der Waals surface area contributed by atoms with Gasteiger partial charge in [0.15, 0.2) is 0 Å². The molecule has 126 valence electrons. The highest BCUT2D eigenvalue weighted by Crippen LogP contribution is 2.21. The number of nitrogens with one attached hydrogen (secondary N) is 1. The molecule has 1 amide bonds. The molecule has 5 nitrogen and oxygen atoms in total. The van der Waals surface area contributed by atoms with E-state index < -0.39 is 0 Å². The number of benzene rings is 1. The first-order chi connectivity index (χ1) is 11.8. The van der Waals surface area contributed by atoms with Crippen LogP contribution in [0.2, 0.25) is 0 Å². The Balaban J connectivity index is 1.75. The Morgan fingerprint density at radius 3 is 2.58 bits per heavy atom. The molecule has 2 heterocycles. The van der Waals surface area contributed by atoms with Gasteiger partial charge in [-0.15, -0.1) is 0 Å². The lowest BCUT2D eigenvalue weighted by Gasteiger charge is -2.26. The van der Waals surface area contributed by atoms with Crippen molar-refractivity contribution in [2.24, 2.45) is 0 Å². The topological polar surface area (TPSA) is 58.1 Å². The first-order valence-corrected chi connectivity index (χ1v) is 8.74. The molecule has 24 heavy (non-hydrogen) atoms. The highest BCUT2D eigenvalue weighted by Gasteiger charge is 2.14. The number of piperidine rings is 1. The minimum Gasteiger partial charge on any atom is -0.352 e. The molecule has 1 aliphatic rings. The molecule has 0 atom stereocenters. The molecule has 3 rings (SSSR count). The van der Waals surface area contributed by atoms with E-state index in [9.17, 15) is 4.79 Å². The third kappa shape index (κ3) is 3.91. The maximum Gasteiger partial charge on any atom is 0.251 e. The molecule has 5 heteroatoms. The highest BCUT2D eigenvalue weighted by atomic mass is 16.1. The lowest BCUT2D eigenvalue weighted by Crippen LogP contribution is -2.30. The van der Waals surface area contributed by atoms with Gasteiger partial charge in [0.05, 0.1) is 5.69 Å². The number of rotatable bonds is 5. The molecule has 1 aromatic heterocycles. The zero-order chi connectivity index (χ0) is 16.8. The first-order valence-electron chi connectivity index (χ1n) is 8.74. The maximum absolute atomic E-state index is 12.0. The molecular weight excluding hydrogens is 300 g/mol. The van der Waals surface area contributed by atoms with Gasteiger partial charge in [-0.1, -0.05) is 19.1 Å². The number of anilines is 1. The van der Waals surface area contributed by atoms with Crippen LogP contribution in [0.25, 0.3) is 11.3 Å². The molecule has 0 aliphatic carbocycles. The Labute approximate surface area is 143 Å². The molecule has 1 saturated heterocycles. The fraction of sp³-hybridized carbons (Fsp3) is 0.421. The van der Waals surface area contributed by atoms with E-state index in [1.165, 1.54) is 19.3 Å². The second-order valence-corrected chi connectivity index (χ2v) is 6.12. The van der Waals surface area contributed by atoms with E-state index in [1.807, 2.05) is 43.5 Å². The standard InChI is InChI=1S/C19H24N4O/c1-2-11-20-18(24)16-8-6-15(7-9-16)17-10-12-21-19(22-17)23-13-4-3-5-14-23/h6-10,12H,2-5,11,13-14H2,1H3,(H,20,24). The Morgan fingerprint density at radius 2 is 1.88 bits per heavy atom. The van der Waals surface area contributed by atoms with Crippen LogP contribution in [0.15, 0.2) is 36.5 Å². The summed E-state index contributed by atoms with van der Waals surface area (Å²) in [4.78, 5) is 23.3. The first kappa shape index (κ1) is 16.4. The predicted molar refractivity (Wildman–Crippen MR) is 96.2 cm³/mol. The Bertz CT molecular complexity index is 678. The van der Waals surface area contributed by atoms with Crippen LogP contribution >= 0.6 is 0 Å². The molecule has 0 spiro atoms. The van der Waals surface area contributed by atoms with E-state index in [4.69, 9.17) is 4.98 Å². The van der Waals surface area contributed by atoms with Crippen LogP contribution in [0, 0.1) is 0 Å². The van der Waals surface area contributed by atoms with Crippen molar-refractivity contribution in [2.45, 2.75) is 32.6 Å². The van der Waals surface area contributed by atoms with E-state index in [0.29, 0.717) is 12.1 Å². The molecule has 0 saturated carbocycles. The smallest absolute Gasteiger partial charge is 0.251 e. The molecular formula is C19H24N4O. The lowest BCUT2D eigenvalue weighted by atomic mass is 10.1. The second-order valence-electron chi connectivity index (χ2n) is 6.12. The Morgan fingerprint density at radius 1 is 1.12 bits per heavy atom. The largest absolute Gasteiger partial charge is 0.352 e. The zero-order valence-electron chi connectivity index (χ0n) is 14.2. The summed E-state index contributed by atoms with van der Waals surface area (Å²) in [6.07, 6.45) is 6.44. The molecule has 1 aliphatic heterocycles. The van der Waals surface area contributed by atoms with Gasteiger partial charge in [0, 0.05) is 37.0 Å². The van der Waals surface area contributed by atoms with Gasteiger partial charge in [0.2, 0.25) is 5.95 Å². The van der Waals surface area contributed by atoms with Gasteiger partial charge < -0.3 is 10.2 Å². The van der Waals surface area contributed by atoms with Crippen LogP contribution in [0.5, 0.6) is 0 Å². The molecule has 0 radical (unpaired) electrons. The lowest BCUT2D eigenvalue weighted by molar-refractivity contribution is 0.0953. The van der Waals surface area contributed by atoms with Crippen molar-refractivity contribution in [1.82, 2.24) is 15.3 Å². The Kier molecular flexibility index (Phi) is 5.41.